The van der Waals surface area contributed by atoms with Crippen LogP contribution in [0.15, 0.2) is 35.7 Å². The van der Waals surface area contributed by atoms with Gasteiger partial charge in [-0.15, -0.1) is 11.3 Å². The average Bonchev–Trinajstić information content (AvgIpc) is 2.85. The molecule has 0 unspecified atom stereocenters. The molecule has 1 aromatic heterocycles. The van der Waals surface area contributed by atoms with Crippen molar-refractivity contribution >= 4 is 17.1 Å². The van der Waals surface area contributed by atoms with Gasteiger partial charge in [0.25, 0.3) is 0 Å². The maximum Gasteiger partial charge on any atom is 0.177 e. The van der Waals surface area contributed by atoms with E-state index in [-0.39, 0.29) is 18.0 Å². The van der Waals surface area contributed by atoms with Crippen LogP contribution in [0.5, 0.6) is 5.75 Å². The highest BCUT2D eigenvalue weighted by molar-refractivity contribution is 7.12. The number of methoxy groups -OCH3 is 1. The quantitative estimate of drug-likeness (QED) is 0.778. The minimum atomic E-state index is -0.458. The normalized spacial score (nSPS) is 10.2. The van der Waals surface area contributed by atoms with Crippen molar-refractivity contribution in [2.45, 2.75) is 6.42 Å². The molecule has 0 saturated carbocycles. The van der Waals surface area contributed by atoms with Gasteiger partial charge in [0.15, 0.2) is 17.3 Å². The highest BCUT2D eigenvalue weighted by Crippen LogP contribution is 2.22. The molecule has 0 amide bonds. The Morgan fingerprint density at radius 1 is 1.35 bits per heavy atom. The van der Waals surface area contributed by atoms with Crippen LogP contribution in [0, 0.1) is 5.82 Å². The molecule has 0 aliphatic rings. The predicted molar refractivity (Wildman–Crippen MR) is 65.3 cm³/mol. The lowest BCUT2D eigenvalue weighted by Crippen LogP contribution is -2.04. The molecule has 88 valence electrons. The van der Waals surface area contributed by atoms with Crippen LogP contribution in [0.25, 0.3) is 0 Å². The van der Waals surface area contributed by atoms with E-state index in [0.717, 1.165) is 0 Å². The fraction of sp³-hybridized carbons (Fsp3) is 0.154. The van der Waals surface area contributed by atoms with Gasteiger partial charge in [0.2, 0.25) is 0 Å². The summed E-state index contributed by atoms with van der Waals surface area (Å²) in [6.07, 6.45) is 0.0591. The van der Waals surface area contributed by atoms with E-state index in [1.807, 2.05) is 5.38 Å². The lowest BCUT2D eigenvalue weighted by atomic mass is 10.1. The number of carbonyl (C=O) groups excluding carboxylic acids is 1. The van der Waals surface area contributed by atoms with E-state index in [4.69, 9.17) is 4.74 Å². The molecule has 0 N–H and O–H groups in total. The summed E-state index contributed by atoms with van der Waals surface area (Å²) in [5.74, 6) is -0.367. The van der Waals surface area contributed by atoms with Crippen LogP contribution in [0.1, 0.15) is 15.2 Å². The van der Waals surface area contributed by atoms with Gasteiger partial charge in [-0.05, 0) is 23.1 Å². The van der Waals surface area contributed by atoms with Gasteiger partial charge < -0.3 is 4.74 Å². The SMILES string of the molecule is COc1cccc(CC(=O)c2cccs2)c1F. The highest BCUT2D eigenvalue weighted by atomic mass is 32.1. The molecule has 0 atom stereocenters. The fourth-order valence-electron chi connectivity index (χ4n) is 1.55. The zero-order valence-electron chi connectivity index (χ0n) is 9.27. The van der Waals surface area contributed by atoms with E-state index >= 15 is 0 Å². The van der Waals surface area contributed by atoms with Crippen LogP contribution >= 0.6 is 11.3 Å². The molecule has 2 rings (SSSR count). The van der Waals surface area contributed by atoms with E-state index < -0.39 is 5.82 Å². The van der Waals surface area contributed by atoms with Crippen molar-refractivity contribution in [2.24, 2.45) is 0 Å². The molecule has 0 spiro atoms. The summed E-state index contributed by atoms with van der Waals surface area (Å²) in [6, 6.07) is 8.36. The monoisotopic (exact) mass is 250 g/mol. The number of Topliss-reactive ketones (excluding diaryl/α,β-unsaturated/α-hetero) is 1. The largest absolute Gasteiger partial charge is 0.494 e. The Morgan fingerprint density at radius 2 is 2.18 bits per heavy atom. The number of ketones is 1. The van der Waals surface area contributed by atoms with Gasteiger partial charge in [-0.1, -0.05) is 18.2 Å². The summed E-state index contributed by atoms with van der Waals surface area (Å²) in [5, 5.41) is 1.83. The number of benzene rings is 1. The maximum absolute atomic E-state index is 13.8. The molecule has 0 saturated heterocycles. The van der Waals surface area contributed by atoms with E-state index in [1.165, 1.54) is 24.5 Å². The molecule has 1 heterocycles. The first kappa shape index (κ1) is 11.8. The molecule has 0 radical (unpaired) electrons. The molecule has 0 fully saturated rings. The molecule has 0 bridgehead atoms. The number of hydrogen-bond donors (Lipinski definition) is 0. The Labute approximate surface area is 103 Å². The molecule has 0 aliphatic carbocycles. The van der Waals surface area contributed by atoms with Crippen molar-refractivity contribution in [3.63, 3.8) is 0 Å². The first-order valence-corrected chi connectivity index (χ1v) is 5.98. The second-order valence-electron chi connectivity index (χ2n) is 3.51. The van der Waals surface area contributed by atoms with Gasteiger partial charge in [0, 0.05) is 6.42 Å². The molecule has 17 heavy (non-hydrogen) atoms. The topological polar surface area (TPSA) is 26.3 Å². The molecule has 0 aliphatic heterocycles. The summed E-state index contributed by atoms with van der Waals surface area (Å²) in [7, 11) is 1.41. The molecular formula is C13H11FO2S. The molecular weight excluding hydrogens is 239 g/mol. The van der Waals surface area contributed by atoms with Crippen LogP contribution in [0.4, 0.5) is 4.39 Å². The third-order valence-electron chi connectivity index (χ3n) is 2.41. The zero-order chi connectivity index (χ0) is 12.3. The Morgan fingerprint density at radius 3 is 2.82 bits per heavy atom. The first-order valence-electron chi connectivity index (χ1n) is 5.10. The minimum Gasteiger partial charge on any atom is -0.494 e. The van der Waals surface area contributed by atoms with Crippen molar-refractivity contribution < 1.29 is 13.9 Å². The molecule has 4 heteroatoms. The van der Waals surface area contributed by atoms with Gasteiger partial charge >= 0.3 is 0 Å². The Balaban J connectivity index is 2.22. The molecule has 2 nitrogen and oxygen atoms in total. The molecule has 1 aromatic carbocycles. The fourth-order valence-corrected chi connectivity index (χ4v) is 2.21. The van der Waals surface area contributed by atoms with Gasteiger partial charge in [0.1, 0.15) is 0 Å². The second-order valence-corrected chi connectivity index (χ2v) is 4.46. The van der Waals surface area contributed by atoms with Crippen molar-refractivity contribution in [3.05, 3.63) is 52.0 Å². The number of ether oxygens (including phenoxy) is 1. The lowest BCUT2D eigenvalue weighted by molar-refractivity contribution is 0.0995. The summed E-state index contributed by atoms with van der Waals surface area (Å²) < 4.78 is 18.7. The summed E-state index contributed by atoms with van der Waals surface area (Å²) in [4.78, 5) is 12.5. The van der Waals surface area contributed by atoms with E-state index in [0.29, 0.717) is 10.4 Å². The smallest absolute Gasteiger partial charge is 0.177 e. The first-order chi connectivity index (χ1) is 8.22. The number of halogens is 1. The molecule has 2 aromatic rings. The van der Waals surface area contributed by atoms with E-state index in [2.05, 4.69) is 0 Å². The van der Waals surface area contributed by atoms with Crippen molar-refractivity contribution in [1.82, 2.24) is 0 Å². The Kier molecular flexibility index (Phi) is 3.54. The van der Waals surface area contributed by atoms with Crippen LogP contribution in [-0.2, 0) is 6.42 Å². The number of carbonyl (C=O) groups is 1. The van der Waals surface area contributed by atoms with Crippen molar-refractivity contribution in [3.8, 4) is 5.75 Å². The van der Waals surface area contributed by atoms with Crippen molar-refractivity contribution in [1.29, 1.82) is 0 Å². The van der Waals surface area contributed by atoms with Crippen LogP contribution in [0.2, 0.25) is 0 Å². The van der Waals surface area contributed by atoms with E-state index in [1.54, 1.807) is 24.3 Å². The number of hydrogen-bond acceptors (Lipinski definition) is 3. The summed E-state index contributed by atoms with van der Waals surface area (Å²) in [5.41, 5.74) is 0.364. The lowest BCUT2D eigenvalue weighted by Gasteiger charge is -2.06. The predicted octanol–water partition coefficient (Wildman–Crippen LogP) is 3.32. The summed E-state index contributed by atoms with van der Waals surface area (Å²) in [6.45, 7) is 0. The number of rotatable bonds is 4. The third-order valence-corrected chi connectivity index (χ3v) is 3.32. The second kappa shape index (κ2) is 5.10. The highest BCUT2D eigenvalue weighted by Gasteiger charge is 2.13. The van der Waals surface area contributed by atoms with Gasteiger partial charge in [-0.2, -0.15) is 0 Å². The standard InChI is InChI=1S/C13H11FO2S/c1-16-11-5-2-4-9(13(11)14)8-10(15)12-6-3-7-17-12/h2-7H,8H2,1H3. The zero-order valence-corrected chi connectivity index (χ0v) is 10.1. The van der Waals surface area contributed by atoms with Gasteiger partial charge in [-0.3, -0.25) is 4.79 Å². The Bertz CT molecular complexity index is 520. The summed E-state index contributed by atoms with van der Waals surface area (Å²) >= 11 is 1.36. The van der Waals surface area contributed by atoms with Crippen LogP contribution in [-0.4, -0.2) is 12.9 Å². The van der Waals surface area contributed by atoms with E-state index in [9.17, 15) is 9.18 Å². The van der Waals surface area contributed by atoms with Crippen molar-refractivity contribution in [2.75, 3.05) is 7.11 Å². The average molecular weight is 250 g/mol. The van der Waals surface area contributed by atoms with Crippen LogP contribution < -0.4 is 4.74 Å². The minimum absolute atomic E-state index is 0.0591. The van der Waals surface area contributed by atoms with Crippen LogP contribution in [0.3, 0.4) is 0 Å². The Hall–Kier alpha value is -1.68. The van der Waals surface area contributed by atoms with Gasteiger partial charge in [-0.25, -0.2) is 4.39 Å². The number of thiophene rings is 1. The third kappa shape index (κ3) is 2.53. The van der Waals surface area contributed by atoms with Gasteiger partial charge in [0.05, 0.1) is 12.0 Å². The maximum atomic E-state index is 13.8.